The number of nitrogens with two attached hydrogens (primary N) is 1. The molecule has 1 aromatic heterocycles. The summed E-state index contributed by atoms with van der Waals surface area (Å²) in [5.74, 6) is 1.12. The van der Waals surface area contributed by atoms with Crippen molar-refractivity contribution in [3.8, 4) is 0 Å². The van der Waals surface area contributed by atoms with Crippen LogP contribution in [0.15, 0.2) is 17.3 Å². The number of aromatic nitrogens is 2. The molecule has 0 aliphatic carbocycles. The summed E-state index contributed by atoms with van der Waals surface area (Å²) in [5.41, 5.74) is 5.39. The van der Waals surface area contributed by atoms with Gasteiger partial charge in [-0.15, -0.1) is 0 Å². The molecule has 0 aromatic carbocycles. The molecule has 0 bridgehead atoms. The molecule has 1 heterocycles. The maximum atomic E-state index is 11.9. The van der Waals surface area contributed by atoms with Crippen LogP contribution in [0.5, 0.6) is 0 Å². The van der Waals surface area contributed by atoms with E-state index in [1.165, 1.54) is 17.1 Å². The number of hydrogen-bond donors (Lipinski definition) is 2. The summed E-state index contributed by atoms with van der Waals surface area (Å²) in [7, 11) is -3.43. The van der Waals surface area contributed by atoms with Crippen LogP contribution in [0.1, 0.15) is 19.3 Å². The molecular weight excluding hydrogens is 284 g/mol. The fourth-order valence-corrected chi connectivity index (χ4v) is 3.09. The monoisotopic (exact) mass is 306 g/mol. The highest BCUT2D eigenvalue weighted by atomic mass is 32.2. The molecule has 0 saturated heterocycles. The second kappa shape index (κ2) is 8.57. The van der Waals surface area contributed by atoms with Crippen molar-refractivity contribution < 1.29 is 8.42 Å². The smallest absolute Gasteiger partial charge is 0.243 e. The summed E-state index contributed by atoms with van der Waals surface area (Å²) in [6.07, 6.45) is 7.94. The summed E-state index contributed by atoms with van der Waals surface area (Å²) in [5, 5.41) is 3.96. The van der Waals surface area contributed by atoms with Crippen molar-refractivity contribution in [3.63, 3.8) is 0 Å². The van der Waals surface area contributed by atoms with E-state index in [2.05, 4.69) is 16.1 Å². The lowest BCUT2D eigenvalue weighted by Crippen LogP contribution is -2.24. The predicted molar refractivity (Wildman–Crippen MR) is 78.7 cm³/mol. The standard InChI is InChI=1S/C11H22N4O2S2/c1-18-8-4-2-3-6-14-19(16,17)11-9-13-15(10-11)7-5-12/h9-10,14H,2-8,12H2,1H3. The third-order valence-corrected chi connectivity index (χ3v) is 4.71. The number of unbranched alkanes of at least 4 members (excludes halogenated alkanes) is 2. The molecule has 3 N–H and O–H groups in total. The topological polar surface area (TPSA) is 90.0 Å². The first-order valence-electron chi connectivity index (χ1n) is 6.31. The quantitative estimate of drug-likeness (QED) is 0.620. The van der Waals surface area contributed by atoms with Gasteiger partial charge in [-0.1, -0.05) is 6.42 Å². The van der Waals surface area contributed by atoms with Crippen LogP contribution in [0, 0.1) is 0 Å². The number of nitrogens with zero attached hydrogens (tertiary/aromatic N) is 2. The number of thioether (sulfide) groups is 1. The van der Waals surface area contributed by atoms with Gasteiger partial charge in [-0.3, -0.25) is 4.68 Å². The van der Waals surface area contributed by atoms with Crippen LogP contribution in [-0.4, -0.2) is 43.3 Å². The Balaban J connectivity index is 2.38. The van der Waals surface area contributed by atoms with E-state index in [9.17, 15) is 8.42 Å². The highest BCUT2D eigenvalue weighted by Crippen LogP contribution is 2.07. The van der Waals surface area contributed by atoms with Crippen LogP contribution >= 0.6 is 11.8 Å². The maximum Gasteiger partial charge on any atom is 0.243 e. The van der Waals surface area contributed by atoms with E-state index in [-0.39, 0.29) is 4.90 Å². The molecular formula is C11H22N4O2S2. The van der Waals surface area contributed by atoms with Crippen molar-refractivity contribution in [2.75, 3.05) is 25.1 Å². The SMILES string of the molecule is CSCCCCCNS(=O)(=O)c1cnn(CCN)c1. The largest absolute Gasteiger partial charge is 0.329 e. The summed E-state index contributed by atoms with van der Waals surface area (Å²) in [4.78, 5) is 0.199. The molecule has 1 rings (SSSR count). The molecule has 0 aliphatic rings. The third kappa shape index (κ3) is 5.94. The molecule has 0 radical (unpaired) electrons. The van der Waals surface area contributed by atoms with E-state index in [4.69, 9.17) is 5.73 Å². The third-order valence-electron chi connectivity index (χ3n) is 2.60. The lowest BCUT2D eigenvalue weighted by Gasteiger charge is -2.04. The van der Waals surface area contributed by atoms with Gasteiger partial charge in [0.15, 0.2) is 0 Å². The average Bonchev–Trinajstić information content (AvgIpc) is 2.83. The van der Waals surface area contributed by atoms with Gasteiger partial charge in [-0.25, -0.2) is 13.1 Å². The van der Waals surface area contributed by atoms with Crippen LogP contribution in [0.3, 0.4) is 0 Å². The van der Waals surface area contributed by atoms with Gasteiger partial charge < -0.3 is 5.73 Å². The van der Waals surface area contributed by atoms with Gasteiger partial charge in [-0.05, 0) is 24.9 Å². The first-order chi connectivity index (χ1) is 9.10. The zero-order chi connectivity index (χ0) is 14.1. The van der Waals surface area contributed by atoms with E-state index in [1.54, 1.807) is 0 Å². The molecule has 0 fully saturated rings. The Kier molecular flexibility index (Phi) is 7.44. The normalized spacial score (nSPS) is 11.9. The van der Waals surface area contributed by atoms with Crippen molar-refractivity contribution in [2.45, 2.75) is 30.7 Å². The molecule has 0 unspecified atom stereocenters. The zero-order valence-electron chi connectivity index (χ0n) is 11.2. The fourth-order valence-electron chi connectivity index (χ4n) is 1.58. The van der Waals surface area contributed by atoms with E-state index in [0.717, 1.165) is 25.0 Å². The van der Waals surface area contributed by atoms with Crippen LogP contribution in [0.2, 0.25) is 0 Å². The second-order valence-electron chi connectivity index (χ2n) is 4.18. The molecule has 0 spiro atoms. The minimum atomic E-state index is -3.43. The number of rotatable bonds is 10. The molecule has 8 heteroatoms. The summed E-state index contributed by atoms with van der Waals surface area (Å²) < 4.78 is 28.0. The summed E-state index contributed by atoms with van der Waals surface area (Å²) >= 11 is 1.81. The molecule has 1 aromatic rings. The van der Waals surface area contributed by atoms with Gasteiger partial charge in [0.1, 0.15) is 4.90 Å². The van der Waals surface area contributed by atoms with Crippen LogP contribution in [0.4, 0.5) is 0 Å². The number of sulfonamides is 1. The molecule has 0 saturated carbocycles. The summed E-state index contributed by atoms with van der Waals surface area (Å²) in [6.45, 7) is 1.42. The fraction of sp³-hybridized carbons (Fsp3) is 0.727. The Morgan fingerprint density at radius 3 is 2.89 bits per heavy atom. The molecule has 0 atom stereocenters. The Morgan fingerprint density at radius 1 is 1.42 bits per heavy atom. The van der Waals surface area contributed by atoms with E-state index in [1.807, 2.05) is 11.8 Å². The van der Waals surface area contributed by atoms with Crippen molar-refractivity contribution in [3.05, 3.63) is 12.4 Å². The van der Waals surface area contributed by atoms with Crippen molar-refractivity contribution in [1.29, 1.82) is 0 Å². The van der Waals surface area contributed by atoms with Gasteiger partial charge in [0, 0.05) is 19.3 Å². The van der Waals surface area contributed by atoms with E-state index >= 15 is 0 Å². The lowest BCUT2D eigenvalue weighted by atomic mass is 10.2. The van der Waals surface area contributed by atoms with Gasteiger partial charge in [-0.2, -0.15) is 16.9 Å². The van der Waals surface area contributed by atoms with E-state index in [0.29, 0.717) is 19.6 Å². The first kappa shape index (κ1) is 16.5. The van der Waals surface area contributed by atoms with Crippen molar-refractivity contribution >= 4 is 21.8 Å². The lowest BCUT2D eigenvalue weighted by molar-refractivity contribution is 0.575. The van der Waals surface area contributed by atoms with Crippen LogP contribution < -0.4 is 10.5 Å². The first-order valence-corrected chi connectivity index (χ1v) is 9.19. The molecule has 19 heavy (non-hydrogen) atoms. The van der Waals surface area contributed by atoms with Crippen molar-refractivity contribution in [1.82, 2.24) is 14.5 Å². The van der Waals surface area contributed by atoms with Crippen LogP contribution in [-0.2, 0) is 16.6 Å². The number of nitrogens with one attached hydrogen (secondary N) is 1. The van der Waals surface area contributed by atoms with Crippen LogP contribution in [0.25, 0.3) is 0 Å². The van der Waals surface area contributed by atoms with Gasteiger partial charge >= 0.3 is 0 Å². The number of hydrogen-bond acceptors (Lipinski definition) is 5. The molecule has 0 amide bonds. The van der Waals surface area contributed by atoms with E-state index < -0.39 is 10.0 Å². The highest BCUT2D eigenvalue weighted by molar-refractivity contribution is 7.98. The van der Waals surface area contributed by atoms with Crippen molar-refractivity contribution in [2.24, 2.45) is 5.73 Å². The minimum absolute atomic E-state index is 0.199. The van der Waals surface area contributed by atoms with Gasteiger partial charge in [0.2, 0.25) is 10.0 Å². The molecule has 6 nitrogen and oxygen atoms in total. The van der Waals surface area contributed by atoms with Gasteiger partial charge in [0.25, 0.3) is 0 Å². The van der Waals surface area contributed by atoms with Gasteiger partial charge in [0.05, 0.1) is 12.7 Å². The molecule has 0 aliphatic heterocycles. The molecule has 110 valence electrons. The second-order valence-corrected chi connectivity index (χ2v) is 6.93. The Bertz CT molecular complexity index is 459. The highest BCUT2D eigenvalue weighted by Gasteiger charge is 2.15. The summed E-state index contributed by atoms with van der Waals surface area (Å²) in [6, 6.07) is 0. The average molecular weight is 306 g/mol. The zero-order valence-corrected chi connectivity index (χ0v) is 12.8. The minimum Gasteiger partial charge on any atom is -0.329 e. The Labute approximate surface area is 119 Å². The Hall–Kier alpha value is -0.570. The predicted octanol–water partition coefficient (Wildman–Crippen LogP) is 0.653. The maximum absolute atomic E-state index is 11.9. The Morgan fingerprint density at radius 2 is 2.21 bits per heavy atom.